The van der Waals surface area contributed by atoms with E-state index in [0.717, 1.165) is 0 Å². The predicted octanol–water partition coefficient (Wildman–Crippen LogP) is 0.330. The summed E-state index contributed by atoms with van der Waals surface area (Å²) in [5.41, 5.74) is 0.152. The van der Waals surface area contributed by atoms with Crippen molar-refractivity contribution < 1.29 is 23.1 Å². The predicted molar refractivity (Wildman–Crippen MR) is 58.8 cm³/mol. The Kier molecular flexibility index (Phi) is 2.78. The second kappa shape index (κ2) is 3.99. The molecule has 1 atom stereocenters. The fraction of sp³-hybridized carbons (Fsp3) is 0.400. The first-order valence-corrected chi connectivity index (χ1v) is 6.87. The summed E-state index contributed by atoms with van der Waals surface area (Å²) in [5, 5.41) is 8.69. The highest BCUT2D eigenvalue weighted by atomic mass is 32.2. The number of carboxylic acids is 1. The summed E-state index contributed by atoms with van der Waals surface area (Å²) in [6, 6.07) is 1.23. The second-order valence-corrected chi connectivity index (χ2v) is 6.30. The first kappa shape index (κ1) is 11.8. The normalized spacial score (nSPS) is 22.5. The van der Waals surface area contributed by atoms with Gasteiger partial charge in [-0.25, -0.2) is 13.2 Å². The van der Waals surface area contributed by atoms with E-state index in [1.54, 1.807) is 0 Å². The minimum Gasteiger partial charge on any atom is -0.477 e. The molecule has 0 aliphatic carbocycles. The van der Waals surface area contributed by atoms with Gasteiger partial charge < -0.3 is 10.1 Å². The van der Waals surface area contributed by atoms with Crippen LogP contribution in [0.25, 0.3) is 0 Å². The Hall–Kier alpha value is -1.63. The van der Waals surface area contributed by atoms with Gasteiger partial charge in [-0.1, -0.05) is 0 Å². The summed E-state index contributed by atoms with van der Waals surface area (Å²) in [7, 11) is -3.11. The van der Waals surface area contributed by atoms with Gasteiger partial charge in [0.05, 0.1) is 11.5 Å². The van der Waals surface area contributed by atoms with Crippen molar-refractivity contribution in [3.63, 3.8) is 0 Å². The van der Waals surface area contributed by atoms with Crippen LogP contribution in [0.15, 0.2) is 12.3 Å². The number of carboxylic acid groups (broad SMARTS) is 1. The van der Waals surface area contributed by atoms with Gasteiger partial charge in [0.15, 0.2) is 15.6 Å². The Morgan fingerprint density at radius 1 is 1.41 bits per heavy atom. The van der Waals surface area contributed by atoms with Gasteiger partial charge in [0.2, 0.25) is 0 Å². The van der Waals surface area contributed by atoms with E-state index in [9.17, 15) is 18.0 Å². The van der Waals surface area contributed by atoms with Crippen LogP contribution in [0.1, 0.15) is 27.3 Å². The van der Waals surface area contributed by atoms with Crippen molar-refractivity contribution in [2.75, 3.05) is 11.5 Å². The molecular formula is C10H11NO5S. The lowest BCUT2D eigenvalue weighted by atomic mass is 9.99. The average Bonchev–Trinajstić information content (AvgIpc) is 2.83. The van der Waals surface area contributed by atoms with Crippen LogP contribution in [-0.4, -0.2) is 41.8 Å². The number of aromatic nitrogens is 1. The number of hydrogen-bond acceptors (Lipinski definition) is 4. The monoisotopic (exact) mass is 257 g/mol. The Balaban J connectivity index is 2.18. The summed E-state index contributed by atoms with van der Waals surface area (Å²) in [4.78, 5) is 25.0. The van der Waals surface area contributed by atoms with E-state index in [1.807, 2.05) is 0 Å². The topological polar surface area (TPSA) is 104 Å². The van der Waals surface area contributed by atoms with E-state index in [0.29, 0.717) is 6.42 Å². The molecule has 0 amide bonds. The number of sulfone groups is 1. The second-order valence-electron chi connectivity index (χ2n) is 4.07. The third kappa shape index (κ3) is 2.38. The molecule has 0 aromatic carbocycles. The number of H-pyrrole nitrogens is 1. The third-order valence-corrected chi connectivity index (χ3v) is 4.57. The third-order valence-electron chi connectivity index (χ3n) is 2.80. The zero-order valence-corrected chi connectivity index (χ0v) is 9.66. The van der Waals surface area contributed by atoms with Gasteiger partial charge in [-0.15, -0.1) is 0 Å². The number of aromatic amines is 1. The van der Waals surface area contributed by atoms with E-state index >= 15 is 0 Å². The number of aromatic carboxylic acids is 1. The Morgan fingerprint density at radius 3 is 2.59 bits per heavy atom. The lowest BCUT2D eigenvalue weighted by molar-refractivity contribution is 0.0691. The molecule has 1 unspecified atom stereocenters. The van der Waals surface area contributed by atoms with Gasteiger partial charge >= 0.3 is 5.97 Å². The van der Waals surface area contributed by atoms with Crippen LogP contribution in [0.3, 0.4) is 0 Å². The number of rotatable bonds is 3. The van der Waals surface area contributed by atoms with Crippen LogP contribution in [0.2, 0.25) is 0 Å². The van der Waals surface area contributed by atoms with Gasteiger partial charge in [0.25, 0.3) is 0 Å². The molecule has 7 heteroatoms. The highest BCUT2D eigenvalue weighted by Crippen LogP contribution is 2.23. The number of carbonyl (C=O) groups excluding carboxylic acids is 1. The first-order chi connectivity index (χ1) is 7.89. The molecule has 17 heavy (non-hydrogen) atoms. The number of ketones is 1. The van der Waals surface area contributed by atoms with Crippen LogP contribution in [-0.2, 0) is 9.84 Å². The molecule has 1 aliphatic heterocycles. The summed E-state index contributed by atoms with van der Waals surface area (Å²) < 4.78 is 22.5. The van der Waals surface area contributed by atoms with E-state index < -0.39 is 21.7 Å². The van der Waals surface area contributed by atoms with Crippen LogP contribution < -0.4 is 0 Å². The fourth-order valence-electron chi connectivity index (χ4n) is 1.90. The summed E-state index contributed by atoms with van der Waals surface area (Å²) >= 11 is 0. The highest BCUT2D eigenvalue weighted by molar-refractivity contribution is 7.91. The van der Waals surface area contributed by atoms with Crippen LogP contribution >= 0.6 is 0 Å². The van der Waals surface area contributed by atoms with E-state index in [1.165, 1.54) is 12.3 Å². The summed E-state index contributed by atoms with van der Waals surface area (Å²) in [6.07, 6.45) is 1.62. The van der Waals surface area contributed by atoms with Crippen molar-refractivity contribution in [2.45, 2.75) is 6.42 Å². The van der Waals surface area contributed by atoms with Crippen molar-refractivity contribution in [3.8, 4) is 0 Å². The summed E-state index contributed by atoms with van der Waals surface area (Å²) in [5.74, 6) is -2.12. The van der Waals surface area contributed by atoms with Crippen molar-refractivity contribution in [1.29, 1.82) is 0 Å². The highest BCUT2D eigenvalue weighted by Gasteiger charge is 2.33. The standard InChI is InChI=1S/C10H11NO5S/c12-9(6-1-2-17(15,16)5-6)7-3-8(10(13)14)11-4-7/h3-4,6,11H,1-2,5H2,(H,13,14). The fourth-order valence-corrected chi connectivity index (χ4v) is 3.64. The molecule has 2 rings (SSSR count). The molecule has 1 aromatic heterocycles. The SMILES string of the molecule is O=C(O)c1cc(C(=O)C2CCS(=O)(=O)C2)c[nH]1. The van der Waals surface area contributed by atoms with Crippen LogP contribution in [0.4, 0.5) is 0 Å². The molecule has 0 radical (unpaired) electrons. The lowest BCUT2D eigenvalue weighted by Crippen LogP contribution is -2.15. The Bertz CT molecular complexity index is 571. The van der Waals surface area contributed by atoms with E-state index in [2.05, 4.69) is 4.98 Å². The minimum absolute atomic E-state index is 0.0274. The Morgan fingerprint density at radius 2 is 2.12 bits per heavy atom. The first-order valence-electron chi connectivity index (χ1n) is 5.05. The average molecular weight is 257 g/mol. The maximum Gasteiger partial charge on any atom is 0.352 e. The molecule has 1 aromatic rings. The van der Waals surface area contributed by atoms with Crippen LogP contribution in [0.5, 0.6) is 0 Å². The quantitative estimate of drug-likeness (QED) is 0.759. The molecule has 2 N–H and O–H groups in total. The van der Waals surface area contributed by atoms with Crippen molar-refractivity contribution in [2.24, 2.45) is 5.92 Å². The van der Waals surface area contributed by atoms with Crippen molar-refractivity contribution in [1.82, 2.24) is 4.98 Å². The molecule has 0 bridgehead atoms. The molecule has 92 valence electrons. The van der Waals surface area contributed by atoms with Gasteiger partial charge in [-0.3, -0.25) is 4.79 Å². The number of Topliss-reactive ketones (excluding diaryl/α,β-unsaturated/α-hetero) is 1. The molecule has 0 saturated carbocycles. The number of nitrogens with one attached hydrogen (secondary N) is 1. The maximum atomic E-state index is 11.9. The molecule has 6 nitrogen and oxygen atoms in total. The minimum atomic E-state index is -3.11. The zero-order chi connectivity index (χ0) is 12.6. The molecule has 1 fully saturated rings. The van der Waals surface area contributed by atoms with E-state index in [4.69, 9.17) is 5.11 Å². The molecule has 0 spiro atoms. The molecule has 2 heterocycles. The van der Waals surface area contributed by atoms with Gasteiger partial charge in [0, 0.05) is 17.7 Å². The maximum absolute atomic E-state index is 11.9. The zero-order valence-electron chi connectivity index (χ0n) is 8.84. The molecule has 1 aliphatic rings. The molecular weight excluding hydrogens is 246 g/mol. The lowest BCUT2D eigenvalue weighted by Gasteiger charge is -2.03. The van der Waals surface area contributed by atoms with Gasteiger partial charge in [0.1, 0.15) is 5.69 Å². The van der Waals surface area contributed by atoms with Gasteiger partial charge in [-0.2, -0.15) is 0 Å². The van der Waals surface area contributed by atoms with E-state index in [-0.39, 0.29) is 28.5 Å². The Labute approximate surface area is 97.6 Å². The largest absolute Gasteiger partial charge is 0.477 e. The summed E-state index contributed by atoms with van der Waals surface area (Å²) in [6.45, 7) is 0. The smallest absolute Gasteiger partial charge is 0.352 e. The van der Waals surface area contributed by atoms with Gasteiger partial charge in [-0.05, 0) is 12.5 Å². The molecule has 1 saturated heterocycles. The van der Waals surface area contributed by atoms with Crippen LogP contribution in [0, 0.1) is 5.92 Å². The van der Waals surface area contributed by atoms with Crippen molar-refractivity contribution >= 4 is 21.6 Å². The number of hydrogen-bond donors (Lipinski definition) is 2. The number of carbonyl (C=O) groups is 2. The van der Waals surface area contributed by atoms with Crippen molar-refractivity contribution in [3.05, 3.63) is 23.5 Å².